The molecule has 3 aromatic carbocycles. The number of aromatic nitrogens is 1. The zero-order valence-electron chi connectivity index (χ0n) is 21.6. The molecular weight excluding hydrogens is 442 g/mol. The molecule has 0 aliphatic carbocycles. The highest BCUT2D eigenvalue weighted by Crippen LogP contribution is 2.36. The highest BCUT2D eigenvalue weighted by molar-refractivity contribution is 6.27. The molecule has 0 atom stereocenters. The predicted octanol–water partition coefficient (Wildman–Crippen LogP) is 8.06. The quantitative estimate of drug-likeness (QED) is 0.209. The van der Waals surface area contributed by atoms with Crippen LogP contribution in [0.5, 0.6) is 0 Å². The molecule has 0 fully saturated rings. The summed E-state index contributed by atoms with van der Waals surface area (Å²) in [5, 5.41) is 0. The van der Waals surface area contributed by atoms with Gasteiger partial charge in [0, 0.05) is 17.3 Å². The number of rotatable bonds is 6. The van der Waals surface area contributed by atoms with Crippen LogP contribution < -0.4 is 4.90 Å². The standard InChI is InChI=1S/C32H33N3O/c1-22(2)27-14-11-15-28(23(3)4)30(27)34-31(25-19-17-24(5)18-20-25)35(29-16-9-10-21-33-29)32(36)26-12-7-6-8-13-26/h6-23H,1-5H3. The number of aryl methyl sites for hydroxylation is 1. The van der Waals surface area contributed by atoms with Crippen LogP contribution in [0.1, 0.15) is 72.1 Å². The van der Waals surface area contributed by atoms with E-state index in [1.54, 1.807) is 11.1 Å². The van der Waals surface area contributed by atoms with Gasteiger partial charge in [0.05, 0.1) is 5.69 Å². The van der Waals surface area contributed by atoms with Crippen LogP contribution in [0.15, 0.2) is 102 Å². The minimum Gasteiger partial charge on any atom is -0.268 e. The van der Waals surface area contributed by atoms with Crippen molar-refractivity contribution in [1.29, 1.82) is 0 Å². The second-order valence-electron chi connectivity index (χ2n) is 9.59. The molecule has 0 saturated carbocycles. The molecule has 0 N–H and O–H groups in total. The van der Waals surface area contributed by atoms with E-state index in [4.69, 9.17) is 4.99 Å². The average molecular weight is 476 g/mol. The normalized spacial score (nSPS) is 11.7. The van der Waals surface area contributed by atoms with Crippen LogP contribution >= 0.6 is 0 Å². The van der Waals surface area contributed by atoms with Gasteiger partial charge in [-0.05, 0) is 54.2 Å². The van der Waals surface area contributed by atoms with Gasteiger partial charge >= 0.3 is 0 Å². The first-order valence-electron chi connectivity index (χ1n) is 12.5. The fourth-order valence-corrected chi connectivity index (χ4v) is 4.20. The summed E-state index contributed by atoms with van der Waals surface area (Å²) >= 11 is 0. The van der Waals surface area contributed by atoms with Gasteiger partial charge in [0.2, 0.25) is 0 Å². The molecule has 36 heavy (non-hydrogen) atoms. The number of amides is 1. The van der Waals surface area contributed by atoms with Crippen molar-refractivity contribution in [2.45, 2.75) is 46.5 Å². The van der Waals surface area contributed by atoms with Gasteiger partial charge in [-0.2, -0.15) is 0 Å². The fourth-order valence-electron chi connectivity index (χ4n) is 4.20. The first-order valence-corrected chi connectivity index (χ1v) is 12.5. The summed E-state index contributed by atoms with van der Waals surface area (Å²) in [5.41, 5.74) is 5.79. The van der Waals surface area contributed by atoms with Crippen LogP contribution in [-0.4, -0.2) is 16.7 Å². The van der Waals surface area contributed by atoms with Crippen LogP contribution in [-0.2, 0) is 0 Å². The molecule has 4 heteroatoms. The fraction of sp³-hybridized carbons (Fsp3) is 0.219. The van der Waals surface area contributed by atoms with E-state index in [1.807, 2.05) is 72.8 Å². The van der Waals surface area contributed by atoms with E-state index in [-0.39, 0.29) is 17.7 Å². The van der Waals surface area contributed by atoms with E-state index in [2.05, 4.69) is 57.8 Å². The Bertz CT molecular complexity index is 1320. The summed E-state index contributed by atoms with van der Waals surface area (Å²) in [6.07, 6.45) is 1.70. The third-order valence-electron chi connectivity index (χ3n) is 6.18. The number of pyridine rings is 1. The van der Waals surface area contributed by atoms with Crippen molar-refractivity contribution in [1.82, 2.24) is 4.98 Å². The van der Waals surface area contributed by atoms with Crippen molar-refractivity contribution in [2.75, 3.05) is 4.90 Å². The number of hydrogen-bond acceptors (Lipinski definition) is 3. The van der Waals surface area contributed by atoms with Gasteiger partial charge < -0.3 is 0 Å². The zero-order chi connectivity index (χ0) is 25.7. The lowest BCUT2D eigenvalue weighted by atomic mass is 9.93. The molecule has 1 aromatic heterocycles. The zero-order valence-corrected chi connectivity index (χ0v) is 21.6. The number of nitrogens with zero attached hydrogens (tertiary/aromatic N) is 3. The van der Waals surface area contributed by atoms with Crippen molar-refractivity contribution in [2.24, 2.45) is 4.99 Å². The highest BCUT2D eigenvalue weighted by Gasteiger charge is 2.27. The number of hydrogen-bond donors (Lipinski definition) is 0. The Labute approximate surface area is 214 Å². The summed E-state index contributed by atoms with van der Waals surface area (Å²) in [6, 6.07) is 29.4. The van der Waals surface area contributed by atoms with Gasteiger partial charge in [-0.25, -0.2) is 14.9 Å². The Balaban J connectivity index is 2.04. The van der Waals surface area contributed by atoms with Crippen molar-refractivity contribution in [3.63, 3.8) is 0 Å². The molecule has 182 valence electrons. The molecule has 0 aliphatic heterocycles. The molecule has 1 amide bonds. The molecule has 0 saturated heterocycles. The lowest BCUT2D eigenvalue weighted by Crippen LogP contribution is -2.38. The minimum atomic E-state index is -0.179. The Hall–Kier alpha value is -4.05. The molecule has 4 aromatic rings. The lowest BCUT2D eigenvalue weighted by molar-refractivity contribution is 0.100. The predicted molar refractivity (Wildman–Crippen MR) is 149 cm³/mol. The van der Waals surface area contributed by atoms with Crippen molar-refractivity contribution in [3.8, 4) is 0 Å². The number of carbonyl (C=O) groups excluding carboxylic acids is 1. The third kappa shape index (κ3) is 5.44. The Morgan fingerprint density at radius 1 is 0.722 bits per heavy atom. The highest BCUT2D eigenvalue weighted by atomic mass is 16.2. The van der Waals surface area contributed by atoms with Gasteiger partial charge in [0.15, 0.2) is 0 Å². The Kier molecular flexibility index (Phi) is 7.74. The third-order valence-corrected chi connectivity index (χ3v) is 6.18. The van der Waals surface area contributed by atoms with Crippen LogP contribution in [0.25, 0.3) is 0 Å². The van der Waals surface area contributed by atoms with E-state index >= 15 is 0 Å². The summed E-state index contributed by atoms with van der Waals surface area (Å²) in [4.78, 5) is 25.6. The summed E-state index contributed by atoms with van der Waals surface area (Å²) in [5.74, 6) is 1.45. The van der Waals surface area contributed by atoms with Gasteiger partial charge in [-0.1, -0.05) is 100.0 Å². The number of anilines is 1. The van der Waals surface area contributed by atoms with Crippen molar-refractivity contribution < 1.29 is 4.79 Å². The largest absolute Gasteiger partial charge is 0.268 e. The van der Waals surface area contributed by atoms with Gasteiger partial charge in [0.1, 0.15) is 11.7 Å². The van der Waals surface area contributed by atoms with E-state index in [0.717, 1.165) is 27.9 Å². The first-order chi connectivity index (χ1) is 17.4. The maximum atomic E-state index is 14.1. The van der Waals surface area contributed by atoms with Crippen LogP contribution in [0.2, 0.25) is 0 Å². The molecule has 4 nitrogen and oxygen atoms in total. The molecule has 0 aliphatic rings. The van der Waals surface area contributed by atoms with Gasteiger partial charge in [-0.15, -0.1) is 0 Å². The Morgan fingerprint density at radius 2 is 1.33 bits per heavy atom. The minimum absolute atomic E-state index is 0.179. The number of benzene rings is 3. The molecule has 4 rings (SSSR count). The molecule has 0 bridgehead atoms. The van der Waals surface area contributed by atoms with Gasteiger partial charge in [0.25, 0.3) is 5.91 Å². The lowest BCUT2D eigenvalue weighted by Gasteiger charge is -2.25. The summed E-state index contributed by atoms with van der Waals surface area (Å²) in [6.45, 7) is 10.8. The summed E-state index contributed by atoms with van der Waals surface area (Å²) in [7, 11) is 0. The topological polar surface area (TPSA) is 45.6 Å². The maximum absolute atomic E-state index is 14.1. The number of amidine groups is 1. The maximum Gasteiger partial charge on any atom is 0.265 e. The summed E-state index contributed by atoms with van der Waals surface area (Å²) < 4.78 is 0. The molecule has 1 heterocycles. The van der Waals surface area contributed by atoms with E-state index in [9.17, 15) is 4.79 Å². The van der Waals surface area contributed by atoms with Crippen LogP contribution in [0.4, 0.5) is 11.5 Å². The average Bonchev–Trinajstić information content (AvgIpc) is 2.89. The van der Waals surface area contributed by atoms with E-state index < -0.39 is 0 Å². The van der Waals surface area contributed by atoms with Gasteiger partial charge in [-0.3, -0.25) is 4.79 Å². The van der Waals surface area contributed by atoms with Crippen molar-refractivity contribution in [3.05, 3.63) is 125 Å². The molecular formula is C32H33N3O. The molecule has 0 radical (unpaired) electrons. The first kappa shape index (κ1) is 25.1. The van der Waals surface area contributed by atoms with E-state index in [1.165, 1.54) is 0 Å². The smallest absolute Gasteiger partial charge is 0.265 e. The molecule has 0 unspecified atom stereocenters. The molecule has 0 spiro atoms. The van der Waals surface area contributed by atoms with Crippen LogP contribution in [0.3, 0.4) is 0 Å². The van der Waals surface area contributed by atoms with Crippen molar-refractivity contribution >= 4 is 23.2 Å². The van der Waals surface area contributed by atoms with Crippen LogP contribution in [0, 0.1) is 6.92 Å². The number of para-hydroxylation sites is 1. The van der Waals surface area contributed by atoms with E-state index in [0.29, 0.717) is 17.2 Å². The number of aliphatic imine (C=N–C) groups is 1. The SMILES string of the molecule is Cc1ccc(C(=Nc2c(C(C)C)cccc2C(C)C)N(C(=O)c2ccccc2)c2ccccn2)cc1. The Morgan fingerprint density at radius 3 is 1.89 bits per heavy atom. The monoisotopic (exact) mass is 475 g/mol. The second-order valence-corrected chi connectivity index (χ2v) is 9.59. The number of carbonyl (C=O) groups is 1. The second kappa shape index (κ2) is 11.1.